The summed E-state index contributed by atoms with van der Waals surface area (Å²) in [6.07, 6.45) is 3.92. The average Bonchev–Trinajstić information content (AvgIpc) is 3.10. The molecular weight excluding hydrogens is 429 g/mol. The molecule has 2 aromatic rings. The first-order chi connectivity index (χ1) is 15.8. The zero-order chi connectivity index (χ0) is 24.0. The van der Waals surface area contributed by atoms with E-state index in [4.69, 9.17) is 9.47 Å². The molecule has 1 aromatic carbocycles. The van der Waals surface area contributed by atoms with E-state index in [9.17, 15) is 18.8 Å². The average molecular weight is 458 g/mol. The first-order valence-electron chi connectivity index (χ1n) is 10.9. The van der Waals surface area contributed by atoms with E-state index in [1.165, 1.54) is 18.2 Å². The van der Waals surface area contributed by atoms with Crippen molar-refractivity contribution in [1.29, 1.82) is 0 Å². The van der Waals surface area contributed by atoms with Crippen molar-refractivity contribution in [2.24, 2.45) is 5.92 Å². The topological polar surface area (TPSA) is 90.7 Å². The highest BCUT2D eigenvalue weighted by molar-refractivity contribution is 5.89. The van der Waals surface area contributed by atoms with Gasteiger partial charge in [0.1, 0.15) is 5.82 Å². The van der Waals surface area contributed by atoms with Crippen LogP contribution in [0.5, 0.6) is 0 Å². The molecule has 0 N–H and O–H groups in total. The highest BCUT2D eigenvalue weighted by Crippen LogP contribution is 2.20. The van der Waals surface area contributed by atoms with Gasteiger partial charge in [0.2, 0.25) is 0 Å². The van der Waals surface area contributed by atoms with Crippen molar-refractivity contribution in [2.75, 3.05) is 26.3 Å². The molecule has 176 valence electrons. The van der Waals surface area contributed by atoms with Gasteiger partial charge in [-0.3, -0.25) is 9.59 Å². The van der Waals surface area contributed by atoms with E-state index in [-0.39, 0.29) is 30.2 Å². The third-order valence-electron chi connectivity index (χ3n) is 5.61. The first-order valence-corrected chi connectivity index (χ1v) is 10.9. The van der Waals surface area contributed by atoms with Gasteiger partial charge in [0.05, 0.1) is 23.9 Å². The van der Waals surface area contributed by atoms with Crippen molar-refractivity contribution in [3.8, 4) is 5.69 Å². The highest BCUT2D eigenvalue weighted by Gasteiger charge is 2.28. The summed E-state index contributed by atoms with van der Waals surface area (Å²) in [6, 6.07) is 5.96. The summed E-state index contributed by atoms with van der Waals surface area (Å²) in [5.74, 6) is -1.69. The number of ether oxygens (including phenoxy) is 2. The minimum Gasteiger partial charge on any atom is -0.466 e. The third-order valence-corrected chi connectivity index (χ3v) is 5.61. The van der Waals surface area contributed by atoms with Crippen LogP contribution in [0.1, 0.15) is 36.7 Å². The number of carbonyl (C=O) groups is 3. The lowest BCUT2D eigenvalue weighted by molar-refractivity contribution is -0.153. The number of rotatable bonds is 7. The molecule has 9 heteroatoms. The van der Waals surface area contributed by atoms with Gasteiger partial charge >= 0.3 is 11.9 Å². The molecule has 0 atom stereocenters. The lowest BCUT2D eigenvalue weighted by atomic mass is 9.97. The number of esters is 2. The van der Waals surface area contributed by atoms with Crippen LogP contribution >= 0.6 is 0 Å². The van der Waals surface area contributed by atoms with Gasteiger partial charge < -0.3 is 14.4 Å². The fraction of sp³-hybridized carbons (Fsp3) is 0.417. The van der Waals surface area contributed by atoms with Crippen LogP contribution in [0, 0.1) is 25.6 Å². The van der Waals surface area contributed by atoms with Crippen molar-refractivity contribution in [1.82, 2.24) is 14.7 Å². The van der Waals surface area contributed by atoms with Crippen LogP contribution in [-0.4, -0.2) is 58.8 Å². The van der Waals surface area contributed by atoms with Crippen molar-refractivity contribution in [3.63, 3.8) is 0 Å². The quantitative estimate of drug-likeness (QED) is 0.469. The van der Waals surface area contributed by atoms with Crippen molar-refractivity contribution in [2.45, 2.75) is 33.6 Å². The Morgan fingerprint density at radius 2 is 1.79 bits per heavy atom. The monoisotopic (exact) mass is 457 g/mol. The summed E-state index contributed by atoms with van der Waals surface area (Å²) in [4.78, 5) is 37.9. The van der Waals surface area contributed by atoms with Gasteiger partial charge in [-0.25, -0.2) is 13.9 Å². The van der Waals surface area contributed by atoms with E-state index in [0.717, 1.165) is 11.3 Å². The van der Waals surface area contributed by atoms with Gasteiger partial charge in [-0.1, -0.05) is 0 Å². The zero-order valence-electron chi connectivity index (χ0n) is 19.0. The molecule has 0 spiro atoms. The Hall–Kier alpha value is -3.49. The maximum atomic E-state index is 13.2. The predicted molar refractivity (Wildman–Crippen MR) is 119 cm³/mol. The number of halogens is 1. The molecule has 3 rings (SSSR count). The minimum absolute atomic E-state index is 0.193. The van der Waals surface area contributed by atoms with E-state index < -0.39 is 5.97 Å². The predicted octanol–water partition coefficient (Wildman–Crippen LogP) is 2.99. The Balaban J connectivity index is 1.52. The number of aromatic nitrogens is 2. The molecule has 1 fully saturated rings. The van der Waals surface area contributed by atoms with Crippen molar-refractivity contribution >= 4 is 23.9 Å². The van der Waals surface area contributed by atoms with Crippen LogP contribution in [0.4, 0.5) is 4.39 Å². The Kier molecular flexibility index (Phi) is 7.97. The first kappa shape index (κ1) is 24.2. The summed E-state index contributed by atoms with van der Waals surface area (Å²) < 4.78 is 25.0. The van der Waals surface area contributed by atoms with Gasteiger partial charge in [0.25, 0.3) is 5.91 Å². The number of likely N-dealkylation sites (tertiary alicyclic amines) is 1. The summed E-state index contributed by atoms with van der Waals surface area (Å²) >= 11 is 0. The molecule has 0 unspecified atom stereocenters. The molecule has 1 aliphatic rings. The highest BCUT2D eigenvalue weighted by atomic mass is 19.1. The van der Waals surface area contributed by atoms with E-state index in [1.807, 2.05) is 13.8 Å². The number of piperidine rings is 1. The fourth-order valence-electron chi connectivity index (χ4n) is 3.78. The molecule has 33 heavy (non-hydrogen) atoms. The van der Waals surface area contributed by atoms with E-state index in [2.05, 4.69) is 5.10 Å². The number of hydrogen-bond donors (Lipinski definition) is 0. The lowest BCUT2D eigenvalue weighted by Crippen LogP contribution is -2.42. The number of hydrogen-bond acceptors (Lipinski definition) is 6. The minimum atomic E-state index is -0.641. The van der Waals surface area contributed by atoms with Crippen molar-refractivity contribution < 1.29 is 28.2 Å². The van der Waals surface area contributed by atoms with Crippen LogP contribution < -0.4 is 0 Å². The van der Waals surface area contributed by atoms with Crippen LogP contribution in [0.25, 0.3) is 11.8 Å². The molecule has 0 aliphatic carbocycles. The Bertz CT molecular complexity index is 1040. The fourth-order valence-corrected chi connectivity index (χ4v) is 3.78. The summed E-state index contributed by atoms with van der Waals surface area (Å²) in [6.45, 7) is 6.25. The standard InChI is InChI=1S/C24H28FN3O5/c1-4-32-24(31)18-11-13-27(14-12-18)22(29)15-33-23(30)10-9-21-16(2)26-28(17(21)3)20-7-5-19(25)6-8-20/h5-10,18H,4,11-15H2,1-3H3/b10-9+. The number of aryl methyl sites for hydroxylation is 1. The molecule has 0 saturated carbocycles. The zero-order valence-corrected chi connectivity index (χ0v) is 19.0. The maximum Gasteiger partial charge on any atom is 0.331 e. The molecule has 0 radical (unpaired) electrons. The molecule has 2 heterocycles. The molecule has 1 amide bonds. The van der Waals surface area contributed by atoms with Gasteiger partial charge in [-0.2, -0.15) is 5.10 Å². The van der Waals surface area contributed by atoms with E-state index in [0.29, 0.717) is 43.9 Å². The number of amides is 1. The third kappa shape index (κ3) is 6.06. The number of benzene rings is 1. The largest absolute Gasteiger partial charge is 0.466 e. The van der Waals surface area contributed by atoms with E-state index in [1.54, 1.807) is 34.7 Å². The molecule has 8 nitrogen and oxygen atoms in total. The second kappa shape index (κ2) is 10.9. The maximum absolute atomic E-state index is 13.2. The Morgan fingerprint density at radius 3 is 2.42 bits per heavy atom. The van der Waals surface area contributed by atoms with Crippen molar-refractivity contribution in [3.05, 3.63) is 53.1 Å². The van der Waals surface area contributed by atoms with Crippen LogP contribution in [0.2, 0.25) is 0 Å². The smallest absolute Gasteiger partial charge is 0.331 e. The van der Waals surface area contributed by atoms with Crippen LogP contribution in [0.15, 0.2) is 30.3 Å². The second-order valence-electron chi connectivity index (χ2n) is 7.82. The molecule has 0 bridgehead atoms. The van der Waals surface area contributed by atoms with Gasteiger partial charge in [0, 0.05) is 30.4 Å². The normalized spacial score (nSPS) is 14.5. The van der Waals surface area contributed by atoms with Gasteiger partial charge in [-0.15, -0.1) is 0 Å². The Morgan fingerprint density at radius 1 is 1.12 bits per heavy atom. The van der Waals surface area contributed by atoms with Crippen LogP contribution in [0.3, 0.4) is 0 Å². The summed E-state index contributed by atoms with van der Waals surface area (Å²) in [7, 11) is 0. The van der Waals surface area contributed by atoms with Gasteiger partial charge in [-0.05, 0) is 64.0 Å². The van der Waals surface area contributed by atoms with E-state index >= 15 is 0 Å². The molecular formula is C24H28FN3O5. The Labute approximate surface area is 192 Å². The molecule has 1 aliphatic heterocycles. The van der Waals surface area contributed by atoms with Crippen LogP contribution in [-0.2, 0) is 23.9 Å². The summed E-state index contributed by atoms with van der Waals surface area (Å²) in [5.41, 5.74) is 2.92. The second-order valence-corrected chi connectivity index (χ2v) is 7.82. The number of carbonyl (C=O) groups excluding carboxylic acids is 3. The summed E-state index contributed by atoms with van der Waals surface area (Å²) in [5, 5.41) is 4.45. The van der Waals surface area contributed by atoms with Gasteiger partial charge in [0.15, 0.2) is 6.61 Å². The number of nitrogens with zero attached hydrogens (tertiary/aromatic N) is 3. The molecule has 1 saturated heterocycles. The molecule has 1 aromatic heterocycles. The lowest BCUT2D eigenvalue weighted by Gasteiger charge is -2.30. The SMILES string of the molecule is CCOC(=O)C1CCN(C(=O)COC(=O)/C=C/c2c(C)nn(-c3ccc(F)cc3)c2C)CC1.